The predicted octanol–water partition coefficient (Wildman–Crippen LogP) is 4.08. The molecule has 0 aliphatic heterocycles. The van der Waals surface area contributed by atoms with Crippen molar-refractivity contribution in [2.75, 3.05) is 31.3 Å². The molecule has 0 bridgehead atoms. The zero-order chi connectivity index (χ0) is 20.0. The van der Waals surface area contributed by atoms with Crippen molar-refractivity contribution in [1.82, 2.24) is 10.2 Å². The maximum absolute atomic E-state index is 12.4. The summed E-state index contributed by atoms with van der Waals surface area (Å²) >= 11 is 1.64. The fourth-order valence-electron chi connectivity index (χ4n) is 2.54. The highest BCUT2D eigenvalue weighted by Gasteiger charge is 2.16. The Bertz CT molecular complexity index is 772. The topological polar surface area (TPSA) is 73.5 Å². The van der Waals surface area contributed by atoms with Gasteiger partial charge in [0.1, 0.15) is 0 Å². The number of anilines is 2. The molecular weight excluding hydrogens is 360 g/mol. The van der Waals surface area contributed by atoms with Gasteiger partial charge in [-0.25, -0.2) is 4.79 Å². The number of amides is 3. The Kier molecular flexibility index (Phi) is 7.38. The summed E-state index contributed by atoms with van der Waals surface area (Å²) < 4.78 is 0. The van der Waals surface area contributed by atoms with Crippen molar-refractivity contribution >= 4 is 34.6 Å². The quantitative estimate of drug-likeness (QED) is 0.669. The number of hydrogen-bond acceptors (Lipinski definition) is 4. The molecule has 0 fully saturated rings. The lowest BCUT2D eigenvalue weighted by Gasteiger charge is -2.24. The van der Waals surface area contributed by atoms with E-state index in [-0.39, 0.29) is 23.9 Å². The molecule has 27 heavy (non-hydrogen) atoms. The van der Waals surface area contributed by atoms with Crippen LogP contribution in [0.15, 0.2) is 35.0 Å². The summed E-state index contributed by atoms with van der Waals surface area (Å²) in [5.41, 5.74) is 3.44. The average molecular weight is 389 g/mol. The number of carbonyl (C=O) groups excluding carboxylic acids is 2. The van der Waals surface area contributed by atoms with E-state index in [1.165, 1.54) is 5.56 Å². The molecule has 6 nitrogen and oxygen atoms in total. The summed E-state index contributed by atoms with van der Waals surface area (Å²) in [5.74, 6) is -0.162. The number of nitrogens with zero attached hydrogens (tertiary/aromatic N) is 1. The van der Waals surface area contributed by atoms with E-state index in [2.05, 4.69) is 32.3 Å². The van der Waals surface area contributed by atoms with Gasteiger partial charge in [-0.05, 0) is 61.1 Å². The summed E-state index contributed by atoms with van der Waals surface area (Å²) in [7, 11) is 3.99. The van der Waals surface area contributed by atoms with Crippen LogP contribution in [0.1, 0.15) is 31.0 Å². The van der Waals surface area contributed by atoms with Crippen LogP contribution in [0, 0.1) is 12.8 Å². The van der Waals surface area contributed by atoms with Gasteiger partial charge in [0.25, 0.3) is 0 Å². The summed E-state index contributed by atoms with van der Waals surface area (Å²) in [6, 6.07) is 7.39. The summed E-state index contributed by atoms with van der Waals surface area (Å²) in [6.07, 6.45) is 0. The highest BCUT2D eigenvalue weighted by atomic mass is 32.1. The lowest BCUT2D eigenvalue weighted by molar-refractivity contribution is -0.118. The van der Waals surface area contributed by atoms with Gasteiger partial charge in [0.2, 0.25) is 5.91 Å². The number of aryl methyl sites for hydroxylation is 1. The van der Waals surface area contributed by atoms with Gasteiger partial charge in [-0.15, -0.1) is 0 Å². The van der Waals surface area contributed by atoms with E-state index in [1.54, 1.807) is 17.4 Å². The first kappa shape index (κ1) is 20.9. The second-order valence-electron chi connectivity index (χ2n) is 7.04. The van der Waals surface area contributed by atoms with Crippen molar-refractivity contribution in [3.8, 4) is 0 Å². The number of hydrogen-bond donors (Lipinski definition) is 3. The van der Waals surface area contributed by atoms with Crippen molar-refractivity contribution in [3.63, 3.8) is 0 Å². The van der Waals surface area contributed by atoms with E-state index in [0.717, 1.165) is 5.56 Å². The minimum absolute atomic E-state index is 0.0566. The maximum atomic E-state index is 12.4. The summed E-state index contributed by atoms with van der Waals surface area (Å²) in [5, 5.41) is 12.8. The molecule has 0 aliphatic rings. The number of urea groups is 1. The van der Waals surface area contributed by atoms with Crippen LogP contribution < -0.4 is 16.0 Å². The molecule has 0 saturated heterocycles. The molecule has 3 N–H and O–H groups in total. The van der Waals surface area contributed by atoms with Gasteiger partial charge in [0.05, 0.1) is 6.04 Å². The van der Waals surface area contributed by atoms with E-state index in [1.807, 2.05) is 52.4 Å². The van der Waals surface area contributed by atoms with E-state index in [0.29, 0.717) is 17.9 Å². The Morgan fingerprint density at radius 1 is 1.15 bits per heavy atom. The Labute approximate surface area is 165 Å². The third kappa shape index (κ3) is 6.08. The predicted molar refractivity (Wildman–Crippen MR) is 112 cm³/mol. The van der Waals surface area contributed by atoms with Crippen molar-refractivity contribution in [2.45, 2.75) is 26.8 Å². The Morgan fingerprint density at radius 3 is 2.48 bits per heavy atom. The van der Waals surface area contributed by atoms with E-state index < -0.39 is 0 Å². The molecule has 1 heterocycles. The Morgan fingerprint density at radius 2 is 1.89 bits per heavy atom. The van der Waals surface area contributed by atoms with Gasteiger partial charge < -0.3 is 20.9 Å². The first-order valence-corrected chi connectivity index (χ1v) is 9.87. The Balaban J connectivity index is 1.99. The summed E-state index contributed by atoms with van der Waals surface area (Å²) in [6.45, 7) is 6.09. The average Bonchev–Trinajstić information content (AvgIpc) is 3.11. The largest absolute Gasteiger partial charge is 0.336 e. The molecule has 0 aliphatic carbocycles. The van der Waals surface area contributed by atoms with Gasteiger partial charge >= 0.3 is 6.03 Å². The first-order valence-electron chi connectivity index (χ1n) is 8.92. The molecule has 1 unspecified atom stereocenters. The van der Waals surface area contributed by atoms with Crippen molar-refractivity contribution in [2.24, 2.45) is 5.92 Å². The molecule has 0 saturated carbocycles. The maximum Gasteiger partial charge on any atom is 0.319 e. The molecule has 3 amide bonds. The molecule has 1 aromatic heterocycles. The third-order valence-corrected chi connectivity index (χ3v) is 4.99. The lowest BCUT2D eigenvalue weighted by Crippen LogP contribution is -2.36. The van der Waals surface area contributed by atoms with Crippen LogP contribution in [-0.2, 0) is 4.79 Å². The molecule has 7 heteroatoms. The number of rotatable bonds is 7. The number of carbonyl (C=O) groups is 2. The molecule has 1 aromatic carbocycles. The number of thiophene rings is 1. The smallest absolute Gasteiger partial charge is 0.319 e. The number of likely N-dealkylation sites (N-methyl/N-ethyl adjacent to an activating group) is 1. The second kappa shape index (κ2) is 9.53. The fraction of sp³-hybridized carbons (Fsp3) is 0.400. The number of benzene rings is 1. The van der Waals surface area contributed by atoms with E-state index >= 15 is 0 Å². The molecule has 2 rings (SSSR count). The summed E-state index contributed by atoms with van der Waals surface area (Å²) in [4.78, 5) is 26.3. The molecule has 1 atom stereocenters. The molecule has 146 valence electrons. The minimum atomic E-state index is -0.271. The van der Waals surface area contributed by atoms with Crippen LogP contribution in [0.5, 0.6) is 0 Å². The Hall–Kier alpha value is -2.38. The van der Waals surface area contributed by atoms with Crippen molar-refractivity contribution in [1.29, 1.82) is 0 Å². The fourth-order valence-corrected chi connectivity index (χ4v) is 3.25. The third-order valence-electron chi connectivity index (χ3n) is 4.28. The van der Waals surface area contributed by atoms with Crippen LogP contribution in [0.2, 0.25) is 0 Å². The SMILES string of the molecule is Cc1ccc(NC(=O)C(C)C)cc1NC(=O)NCC(c1ccsc1)N(C)C. The second-order valence-corrected chi connectivity index (χ2v) is 7.82. The van der Waals surface area contributed by atoms with Gasteiger partial charge in [0.15, 0.2) is 0 Å². The van der Waals surface area contributed by atoms with Crippen LogP contribution in [0.25, 0.3) is 0 Å². The standard InChI is InChI=1S/C20H28N4O2S/c1-13(2)19(25)22-16-7-6-14(3)17(10-16)23-20(26)21-11-18(24(4)5)15-8-9-27-12-15/h6-10,12-13,18H,11H2,1-5H3,(H,22,25)(H2,21,23,26). The highest BCUT2D eigenvalue weighted by Crippen LogP contribution is 2.22. The molecule has 2 aromatic rings. The van der Waals surface area contributed by atoms with Gasteiger partial charge in [-0.1, -0.05) is 19.9 Å². The van der Waals surface area contributed by atoms with E-state index in [9.17, 15) is 9.59 Å². The zero-order valence-corrected chi connectivity index (χ0v) is 17.3. The van der Waals surface area contributed by atoms with Gasteiger partial charge in [-0.2, -0.15) is 11.3 Å². The van der Waals surface area contributed by atoms with Crippen molar-refractivity contribution in [3.05, 3.63) is 46.2 Å². The molecule has 0 spiro atoms. The zero-order valence-electron chi connectivity index (χ0n) is 16.5. The first-order chi connectivity index (χ1) is 12.8. The minimum Gasteiger partial charge on any atom is -0.336 e. The van der Waals surface area contributed by atoms with Crippen LogP contribution in [-0.4, -0.2) is 37.5 Å². The van der Waals surface area contributed by atoms with E-state index in [4.69, 9.17) is 0 Å². The lowest BCUT2D eigenvalue weighted by atomic mass is 10.1. The van der Waals surface area contributed by atoms with Gasteiger partial charge in [0, 0.05) is 23.8 Å². The highest BCUT2D eigenvalue weighted by molar-refractivity contribution is 7.07. The van der Waals surface area contributed by atoms with Gasteiger partial charge in [-0.3, -0.25) is 4.79 Å². The molecular formula is C20H28N4O2S. The number of nitrogens with one attached hydrogen (secondary N) is 3. The van der Waals surface area contributed by atoms with Crippen LogP contribution >= 0.6 is 11.3 Å². The normalized spacial score (nSPS) is 12.1. The van der Waals surface area contributed by atoms with Crippen LogP contribution in [0.4, 0.5) is 16.2 Å². The molecule has 0 radical (unpaired) electrons. The monoisotopic (exact) mass is 388 g/mol. The van der Waals surface area contributed by atoms with Crippen molar-refractivity contribution < 1.29 is 9.59 Å². The van der Waals surface area contributed by atoms with Crippen LogP contribution in [0.3, 0.4) is 0 Å².